The van der Waals surface area contributed by atoms with Crippen molar-refractivity contribution < 1.29 is 50.4 Å². The second-order valence-corrected chi connectivity index (χ2v) is 46.0. The van der Waals surface area contributed by atoms with Gasteiger partial charge in [-0.1, -0.05) is 371 Å². The van der Waals surface area contributed by atoms with Gasteiger partial charge in [0.05, 0.1) is 19.0 Å². The van der Waals surface area contributed by atoms with Gasteiger partial charge < -0.3 is 73.8 Å². The smallest absolute Gasteiger partial charge is 0.217 e. The van der Waals surface area contributed by atoms with Crippen LogP contribution in [0.2, 0.25) is 0 Å². The maximum atomic E-state index is 10.1. The van der Waals surface area contributed by atoms with Gasteiger partial charge in [-0.15, -0.1) is 0 Å². The molecule has 0 saturated heterocycles. The number of amides is 2. The zero-order chi connectivity index (χ0) is 111. The summed E-state index contributed by atoms with van der Waals surface area (Å²) in [5.41, 5.74) is 30.7. The van der Waals surface area contributed by atoms with E-state index in [0.717, 1.165) is 134 Å². The number of quaternary nitrogens is 1. The van der Waals surface area contributed by atoms with Crippen LogP contribution in [0.5, 0.6) is 5.75 Å². The van der Waals surface area contributed by atoms with E-state index in [9.17, 15) is 29.4 Å². The highest BCUT2D eigenvalue weighted by molar-refractivity contribution is 7.98. The number of H-pyrrole nitrogens is 2. The van der Waals surface area contributed by atoms with Crippen LogP contribution in [0.3, 0.4) is 0 Å². The van der Waals surface area contributed by atoms with Gasteiger partial charge in [0.2, 0.25) is 11.8 Å². The van der Waals surface area contributed by atoms with Crippen molar-refractivity contribution in [3.8, 4) is 5.75 Å². The maximum Gasteiger partial charge on any atom is 0.217 e. The third-order valence-corrected chi connectivity index (χ3v) is 20.3. The summed E-state index contributed by atoms with van der Waals surface area (Å²) in [6, 6.07) is 26.5. The SMILES string of the molecule is CC(C)C.CC(C)C(C)C.CC(C)CC(=O)[O-].CC(C)CC(C)C.CC(C)CC(N)=O.CC(C)CCC(=O)[O-].CC(C)CCC(N)=O.CC(C)CCCC[NH3+].CC(C)CCCNC(N)N.CC(C)CO.CC(C)CS.CC(C)Cc1c[nH]c2ccccc12.CC(C)Cc1ccc(O)cc1.CC(C)Cc1ccccc1.CC(C)Cc1cnc[nH]1.CC(C)[C@@H](C)O.CCC(C)C(C)C.CSCCC(C)C. The predicted octanol–water partition coefficient (Wildman–Crippen LogP) is 28.1. The molecule has 5 rings (SSSR count). The van der Waals surface area contributed by atoms with Gasteiger partial charge in [-0.05, 0) is 280 Å². The number of aromatic nitrogens is 3. The Labute approximate surface area is 867 Å². The number of nitrogens with two attached hydrogens (primary N) is 4. The first-order valence-corrected chi connectivity index (χ1v) is 55.3. The van der Waals surface area contributed by atoms with E-state index in [0.29, 0.717) is 66.6 Å². The van der Waals surface area contributed by atoms with Gasteiger partial charge in [-0.3, -0.25) is 14.9 Å². The number of thiol groups is 1. The highest BCUT2D eigenvalue weighted by Gasteiger charge is 2.07. The van der Waals surface area contributed by atoms with Crippen molar-refractivity contribution >= 4 is 59.0 Å². The van der Waals surface area contributed by atoms with Crippen LogP contribution in [0.15, 0.2) is 97.6 Å². The minimum Gasteiger partial charge on any atom is -0.550 e. The largest absolute Gasteiger partial charge is 0.550 e. The lowest BCUT2D eigenvalue weighted by Crippen LogP contribution is -2.50. The van der Waals surface area contributed by atoms with E-state index in [1.807, 2.05) is 99.3 Å². The van der Waals surface area contributed by atoms with Crippen LogP contribution in [-0.2, 0) is 44.9 Å². The number of aliphatic hydroxyl groups is 2. The van der Waals surface area contributed by atoms with Crippen LogP contribution in [0.4, 0.5) is 0 Å². The molecule has 2 heterocycles. The highest BCUT2D eigenvalue weighted by Crippen LogP contribution is 2.21. The summed E-state index contributed by atoms with van der Waals surface area (Å²) < 4.78 is 0. The summed E-state index contributed by atoms with van der Waals surface area (Å²) in [5, 5.41) is 49.6. The minimum atomic E-state index is -0.963. The number of hydrogen-bond donors (Lipinski definition) is 12. The molecule has 20 heteroatoms. The molecule has 2 atom stereocenters. The molecule has 0 spiro atoms. The lowest BCUT2D eigenvalue weighted by atomic mass is 9.96. The first kappa shape index (κ1) is 160. The Morgan fingerprint density at radius 3 is 1.09 bits per heavy atom. The summed E-state index contributed by atoms with van der Waals surface area (Å²) in [6.07, 6.45) is 25.4. The predicted molar refractivity (Wildman–Crippen MR) is 615 cm³/mol. The molecule has 138 heavy (non-hydrogen) atoms. The number of aliphatic hydroxyl groups excluding tert-OH is 2. The molecule has 0 radical (unpaired) electrons. The number of nitrogens with one attached hydrogen (secondary N) is 3. The third-order valence-electron chi connectivity index (χ3n) is 18.9. The molecule has 0 saturated carbocycles. The van der Waals surface area contributed by atoms with Crippen LogP contribution in [0.25, 0.3) is 10.9 Å². The lowest BCUT2D eigenvalue weighted by molar-refractivity contribution is -0.368. The van der Waals surface area contributed by atoms with Crippen molar-refractivity contribution in [1.29, 1.82) is 0 Å². The topological polar surface area (TPSA) is 363 Å². The average Bonchev–Trinajstić information content (AvgIpc) is 1.69. The number of aromatic amines is 2. The van der Waals surface area contributed by atoms with Gasteiger partial charge in [-0.25, -0.2) is 4.98 Å². The first-order chi connectivity index (χ1) is 63.6. The minimum absolute atomic E-state index is 0.148. The number of primary amides is 2. The number of hydrogen-bond acceptors (Lipinski definition) is 15. The summed E-state index contributed by atoms with van der Waals surface area (Å²) in [7, 11) is 0. The Kier molecular flexibility index (Phi) is 132. The number of carbonyl (C=O) groups excluding carboxylic acids is 4. The number of nitrogens with zero attached hydrogens (tertiary/aromatic N) is 1. The Balaban J connectivity index is -0.000000110. The second-order valence-electron chi connectivity index (χ2n) is 44.7. The number of thioether (sulfide) groups is 1. The van der Waals surface area contributed by atoms with Crippen molar-refractivity contribution in [3.63, 3.8) is 0 Å². The molecule has 0 fully saturated rings. The number of phenols is 1. The second kappa shape index (κ2) is 113. The maximum absolute atomic E-state index is 10.1. The van der Waals surface area contributed by atoms with Crippen LogP contribution in [0, 0.1) is 124 Å². The quantitative estimate of drug-likeness (QED) is 0.00993. The third kappa shape index (κ3) is 176. The number of benzene rings is 3. The van der Waals surface area contributed by atoms with Crippen LogP contribution < -0.4 is 44.2 Å². The van der Waals surface area contributed by atoms with E-state index in [2.05, 4.69) is 334 Å². The molecule has 17 N–H and O–H groups in total. The fraction of sp³-hybridized carbons (Fsp3) is 0.771. The summed E-state index contributed by atoms with van der Waals surface area (Å²) >= 11 is 5.95. The van der Waals surface area contributed by atoms with Crippen LogP contribution in [-0.4, -0.2) is 104 Å². The Morgan fingerprint density at radius 2 is 0.848 bits per heavy atom. The first-order valence-electron chi connectivity index (χ1n) is 53.3. The van der Waals surface area contributed by atoms with Gasteiger partial charge in [0.15, 0.2) is 0 Å². The Bertz CT molecular complexity index is 3090. The molecule has 822 valence electrons. The fourth-order valence-corrected chi connectivity index (χ4v) is 10.3. The molecule has 18 nitrogen and oxygen atoms in total. The van der Waals surface area contributed by atoms with Crippen LogP contribution >= 0.6 is 24.4 Å². The van der Waals surface area contributed by atoms with Gasteiger partial charge >= 0.3 is 0 Å². The molecular formula is C118H238N9O9S2-. The molecule has 0 aliphatic rings. The number of para-hydroxylation sites is 1. The number of unbranched alkanes of at least 4 members (excludes halogenated alkanes) is 1. The monoisotopic (exact) mass is 1990 g/mol. The van der Waals surface area contributed by atoms with E-state index < -0.39 is 11.9 Å². The molecule has 3 aromatic carbocycles. The zero-order valence-corrected chi connectivity index (χ0v) is 101. The number of fused-ring (bicyclic) bond motifs is 1. The van der Waals surface area contributed by atoms with Crippen molar-refractivity contribution in [2.45, 2.75) is 433 Å². The van der Waals surface area contributed by atoms with Crippen molar-refractivity contribution in [3.05, 3.63) is 120 Å². The van der Waals surface area contributed by atoms with Crippen molar-refractivity contribution in [2.75, 3.05) is 37.5 Å². The van der Waals surface area contributed by atoms with Gasteiger partial charge in [0, 0.05) is 60.4 Å². The zero-order valence-electron chi connectivity index (χ0n) is 98.9. The number of aliphatic carboxylic acids is 2. The van der Waals surface area contributed by atoms with E-state index in [1.54, 1.807) is 25.4 Å². The van der Waals surface area contributed by atoms with Gasteiger partial charge in [0.25, 0.3) is 0 Å². The number of carboxylic acid groups (broad SMARTS) is 2. The Hall–Kier alpha value is -5.45. The number of carbonyl (C=O) groups is 4. The number of aromatic hydroxyl groups is 1. The molecule has 0 bridgehead atoms. The summed E-state index contributed by atoms with van der Waals surface area (Å²) in [5.74, 6) is 15.1. The Morgan fingerprint density at radius 1 is 0.457 bits per heavy atom. The number of rotatable bonds is 38. The molecule has 0 aliphatic heterocycles. The average molecular weight is 1990 g/mol. The summed E-state index contributed by atoms with van der Waals surface area (Å²) in [6.45, 7) is 96.9. The van der Waals surface area contributed by atoms with Gasteiger partial charge in [-0.2, -0.15) is 24.4 Å². The normalized spacial score (nSPS) is 10.8. The molecule has 0 aliphatic carbocycles. The van der Waals surface area contributed by atoms with E-state index in [4.69, 9.17) is 38.3 Å². The van der Waals surface area contributed by atoms with Crippen molar-refractivity contribution in [1.82, 2.24) is 20.3 Å². The summed E-state index contributed by atoms with van der Waals surface area (Å²) in [4.78, 5) is 49.9. The van der Waals surface area contributed by atoms with Crippen LogP contribution in [0.1, 0.15) is 417 Å². The number of carboxylic acids is 2. The fourth-order valence-electron chi connectivity index (χ4n) is 9.61. The molecular weight excluding hydrogens is 1750 g/mol. The molecule has 5 aromatic rings. The number of imidazole rings is 1. The number of phenolic OH excluding ortho intramolecular Hbond substituents is 1. The van der Waals surface area contributed by atoms with E-state index in [1.165, 1.54) is 90.4 Å². The molecule has 1 unspecified atom stereocenters. The van der Waals surface area contributed by atoms with E-state index in [-0.39, 0.29) is 43.0 Å². The standard InChI is InChI=1S/C12H15N.C10H14O.C10H14.C7H19N3.C7H12N2.C7H17N.2C7H16.C6H13NO.C6H12O2.C6H14S.C6H14.C5H11NO.C5H10O2.C5H12O.C4H10O.C4H10S.C4H10/c1-9(2)7-10-8-13-12-6-4-3-5-11(10)12;1-8(2)7-9-3-5-10(11)6-4-9;1-9(2)8-10-6-4-3-5-7-10;1-6(2)4-3-5-10-7(8)9;1-6(2)3-7-4-8-5-9-7;1-7(2)5-3-4-6-8;1-6(2)5-7(3)4;1-5-7(4)6(2)3;2*1-5(2)3-4-6(7)8;1-6(2)4-5-7-3;1-5(2)6(3)4;2*1-4(2)3-5(6)7;1-4(2)5(3)6;2*1-4(2)3-5;1-4(2)3/h3-6,8-9,13H,7H2,1-2H3;3-6,8,11H,7H2,1-2H3;3-7,9H,8H2,1-2H3;6-7,10H,3-5,8-9H2,1-2H3;4-6H,3H2,1-2H3,(H,8,9);7H,3-6,8H2,1-2H3;2*6-7H,5H2,1-4H3;5H,3-4H2,1-2H3,(H2,7,8);5H,3-4H2,1-2H3,(H,7,8);6H,4-5H2,1-3H3;5-6H,1-4H3;4H,3H2,1-2H3,(H2,6,7);4H,3H2,1-2H3,(H,6,7);4-6H,1-3H3;2*4-5H,3H2,1-2H3;4H,1-3H3/p-1/t;;;;;;;;;;;;;;5-;;;/m..............1.../s1. The highest BCUT2D eigenvalue weighted by atomic mass is 32.2. The molecule has 2 amide bonds. The van der Waals surface area contributed by atoms with Crippen molar-refractivity contribution in [2.24, 2.45) is 147 Å². The molecule has 2 aromatic heterocycles. The van der Waals surface area contributed by atoms with Gasteiger partial charge in [0.1, 0.15) is 12.0 Å². The van der Waals surface area contributed by atoms with E-state index >= 15 is 0 Å². The lowest BCUT2D eigenvalue weighted by Gasteiger charge is -2.10.